The lowest BCUT2D eigenvalue weighted by molar-refractivity contribution is -0.00000519. The molecule has 25 heavy (non-hydrogen) atoms. The summed E-state index contributed by atoms with van der Waals surface area (Å²) in [6.45, 7) is 11.0. The molecule has 0 atom stereocenters. The predicted molar refractivity (Wildman–Crippen MR) is 115 cm³/mol. The molecule has 1 aromatic carbocycles. The van der Waals surface area contributed by atoms with Crippen LogP contribution in [0.5, 0.6) is 0 Å². The van der Waals surface area contributed by atoms with Gasteiger partial charge in [0.05, 0.1) is 23.8 Å². The van der Waals surface area contributed by atoms with E-state index in [1.54, 1.807) is 5.31 Å². The highest BCUT2D eigenvalue weighted by molar-refractivity contribution is 7.85. The van der Waals surface area contributed by atoms with Crippen molar-refractivity contribution in [2.45, 2.75) is 65.7 Å². The third-order valence-corrected chi connectivity index (χ3v) is 9.86. The van der Waals surface area contributed by atoms with Gasteiger partial charge >= 0.3 is 0 Å². The maximum absolute atomic E-state index is 3.96. The van der Waals surface area contributed by atoms with E-state index < -0.39 is 7.26 Å². The highest BCUT2D eigenvalue weighted by Crippen LogP contribution is 2.70. The number of allylic oxidation sites excluding steroid dienone is 2. The Bertz CT molecular complexity index is 456. The van der Waals surface area contributed by atoms with Crippen LogP contribution in [-0.4, -0.2) is 18.5 Å². The summed E-state index contributed by atoms with van der Waals surface area (Å²) >= 11 is 0. The Morgan fingerprint density at radius 1 is 0.880 bits per heavy atom. The standard InChI is InChI=1S/C23H38P.BrH/c1-5-9-18-23(22-16-14-13-15-17-22)24(19-10-6-2,20-11-7-3)21-12-8-4;/h5,13-18H,1,6-12,19-21H2,2-4H3;1H/q+1;/p-1. The van der Waals surface area contributed by atoms with Crippen molar-refractivity contribution in [3.63, 3.8) is 0 Å². The first kappa shape index (κ1) is 24.6. The van der Waals surface area contributed by atoms with Crippen LogP contribution < -0.4 is 17.0 Å². The number of hydrogen-bond donors (Lipinski definition) is 0. The van der Waals surface area contributed by atoms with Crippen molar-refractivity contribution in [2.75, 3.05) is 18.5 Å². The molecule has 0 fully saturated rings. The van der Waals surface area contributed by atoms with Gasteiger partial charge in [-0.05, 0) is 31.8 Å². The molecule has 142 valence electrons. The maximum Gasteiger partial charge on any atom is 0.0974 e. The molecular formula is C23H38BrP. The summed E-state index contributed by atoms with van der Waals surface area (Å²) in [5.41, 5.74) is 1.47. The van der Waals surface area contributed by atoms with Gasteiger partial charge in [0.15, 0.2) is 0 Å². The van der Waals surface area contributed by atoms with E-state index >= 15 is 0 Å². The van der Waals surface area contributed by atoms with E-state index in [1.807, 2.05) is 0 Å². The monoisotopic (exact) mass is 424 g/mol. The highest BCUT2D eigenvalue weighted by Gasteiger charge is 2.40. The van der Waals surface area contributed by atoms with Crippen molar-refractivity contribution < 1.29 is 17.0 Å². The molecule has 0 saturated heterocycles. The first-order valence-electron chi connectivity index (χ1n) is 9.97. The lowest BCUT2D eigenvalue weighted by Gasteiger charge is -2.30. The Kier molecular flexibility index (Phi) is 14.5. The molecule has 0 heterocycles. The average molecular weight is 425 g/mol. The second-order valence-electron chi connectivity index (χ2n) is 6.86. The van der Waals surface area contributed by atoms with Crippen LogP contribution in [0.1, 0.15) is 71.3 Å². The molecule has 0 N–H and O–H groups in total. The van der Waals surface area contributed by atoms with Crippen molar-refractivity contribution in [1.29, 1.82) is 0 Å². The van der Waals surface area contributed by atoms with Gasteiger partial charge < -0.3 is 17.0 Å². The van der Waals surface area contributed by atoms with E-state index in [0.717, 1.165) is 6.42 Å². The Morgan fingerprint density at radius 3 is 1.76 bits per heavy atom. The molecule has 0 bridgehead atoms. The topological polar surface area (TPSA) is 0 Å². The molecule has 0 aliphatic carbocycles. The van der Waals surface area contributed by atoms with Crippen molar-refractivity contribution in [2.24, 2.45) is 0 Å². The second-order valence-corrected chi connectivity index (χ2v) is 11.0. The lowest BCUT2D eigenvalue weighted by atomic mass is 10.2. The molecule has 0 aliphatic heterocycles. The maximum atomic E-state index is 3.96. The summed E-state index contributed by atoms with van der Waals surface area (Å²) in [7, 11) is -1.09. The Balaban J connectivity index is 0.00000576. The van der Waals surface area contributed by atoms with Gasteiger partial charge in [0.25, 0.3) is 0 Å². The molecule has 0 saturated carbocycles. The first-order chi connectivity index (χ1) is 11.7. The van der Waals surface area contributed by atoms with E-state index in [9.17, 15) is 0 Å². The normalized spacial score (nSPS) is 11.9. The number of unbranched alkanes of at least 4 members (excludes halogenated alkanes) is 3. The summed E-state index contributed by atoms with van der Waals surface area (Å²) in [5, 5.41) is 1.69. The molecule has 0 aliphatic rings. The fourth-order valence-electron chi connectivity index (χ4n) is 3.47. The molecule has 0 unspecified atom stereocenters. The number of hydrogen-bond acceptors (Lipinski definition) is 0. The molecule has 2 heteroatoms. The Morgan fingerprint density at radius 2 is 1.36 bits per heavy atom. The summed E-state index contributed by atoms with van der Waals surface area (Å²) in [4.78, 5) is 0. The smallest absolute Gasteiger partial charge is 0.0974 e. The summed E-state index contributed by atoms with van der Waals surface area (Å²) in [6.07, 6.45) is 17.9. The van der Waals surface area contributed by atoms with E-state index in [1.165, 1.54) is 62.6 Å². The third kappa shape index (κ3) is 8.23. The van der Waals surface area contributed by atoms with Crippen LogP contribution >= 0.6 is 7.26 Å². The van der Waals surface area contributed by atoms with Gasteiger partial charge in [-0.25, -0.2) is 0 Å². The Labute approximate surface area is 168 Å². The van der Waals surface area contributed by atoms with Crippen LogP contribution in [0.25, 0.3) is 5.31 Å². The summed E-state index contributed by atoms with van der Waals surface area (Å²) in [6, 6.07) is 11.2. The fourth-order valence-corrected chi connectivity index (χ4v) is 8.82. The minimum absolute atomic E-state index is 0. The van der Waals surface area contributed by atoms with E-state index in [2.05, 4.69) is 69.8 Å². The van der Waals surface area contributed by atoms with E-state index in [-0.39, 0.29) is 17.0 Å². The van der Waals surface area contributed by atoms with Crippen LogP contribution in [0.2, 0.25) is 0 Å². The van der Waals surface area contributed by atoms with Crippen molar-refractivity contribution in [3.8, 4) is 0 Å². The van der Waals surface area contributed by atoms with Gasteiger partial charge in [-0.1, -0.05) is 76.4 Å². The lowest BCUT2D eigenvalue weighted by Crippen LogP contribution is -3.00. The molecule has 0 spiro atoms. The third-order valence-electron chi connectivity index (χ3n) is 4.88. The van der Waals surface area contributed by atoms with Crippen LogP contribution in [0, 0.1) is 0 Å². The molecule has 0 nitrogen and oxygen atoms in total. The molecule has 0 aromatic heterocycles. The highest BCUT2D eigenvalue weighted by atomic mass is 79.9. The molecule has 1 rings (SSSR count). The fraction of sp³-hybridized carbons (Fsp3) is 0.565. The van der Waals surface area contributed by atoms with Gasteiger partial charge in [-0.2, -0.15) is 0 Å². The average Bonchev–Trinajstić information content (AvgIpc) is 2.63. The van der Waals surface area contributed by atoms with Gasteiger partial charge in [0.1, 0.15) is 0 Å². The van der Waals surface area contributed by atoms with Gasteiger partial charge in [0.2, 0.25) is 0 Å². The van der Waals surface area contributed by atoms with Gasteiger partial charge in [-0.3, -0.25) is 0 Å². The largest absolute Gasteiger partial charge is 1.00 e. The summed E-state index contributed by atoms with van der Waals surface area (Å²) in [5.74, 6) is 0. The zero-order valence-electron chi connectivity index (χ0n) is 16.6. The minimum atomic E-state index is -1.09. The van der Waals surface area contributed by atoms with Crippen molar-refractivity contribution >= 4 is 12.6 Å². The SMILES string of the molecule is C=CCC=C(c1ccccc1)[P+](CCCC)(CCCC)CCCC.[Br-]. The molecular weight excluding hydrogens is 387 g/mol. The Hall–Kier alpha value is -0.390. The van der Waals surface area contributed by atoms with Crippen molar-refractivity contribution in [1.82, 2.24) is 0 Å². The molecule has 1 aromatic rings. The zero-order chi connectivity index (χ0) is 17.7. The number of benzene rings is 1. The van der Waals surface area contributed by atoms with E-state index in [0.29, 0.717) is 0 Å². The first-order valence-corrected chi connectivity index (χ1v) is 12.3. The van der Waals surface area contributed by atoms with Crippen LogP contribution in [0.15, 0.2) is 49.1 Å². The number of halogens is 1. The summed E-state index contributed by atoms with van der Waals surface area (Å²) < 4.78 is 0. The van der Waals surface area contributed by atoms with Gasteiger partial charge in [-0.15, -0.1) is 6.58 Å². The zero-order valence-corrected chi connectivity index (χ0v) is 19.1. The molecule has 0 radical (unpaired) electrons. The quantitative estimate of drug-likeness (QED) is 0.307. The second kappa shape index (κ2) is 14.7. The van der Waals surface area contributed by atoms with Crippen LogP contribution in [0.4, 0.5) is 0 Å². The van der Waals surface area contributed by atoms with Gasteiger partial charge in [0, 0.05) is 12.8 Å². The minimum Gasteiger partial charge on any atom is -1.00 e. The van der Waals surface area contributed by atoms with E-state index in [4.69, 9.17) is 0 Å². The van der Waals surface area contributed by atoms with Crippen LogP contribution in [-0.2, 0) is 0 Å². The molecule has 0 amide bonds. The predicted octanol–water partition coefficient (Wildman–Crippen LogP) is 5.03. The number of rotatable bonds is 13. The van der Waals surface area contributed by atoms with Crippen LogP contribution in [0.3, 0.4) is 0 Å². The van der Waals surface area contributed by atoms with Crippen molar-refractivity contribution in [3.05, 3.63) is 54.6 Å².